The van der Waals surface area contributed by atoms with Gasteiger partial charge in [0.05, 0.1) is 6.61 Å². The van der Waals surface area contributed by atoms with E-state index in [1.807, 2.05) is 6.92 Å². The summed E-state index contributed by atoms with van der Waals surface area (Å²) < 4.78 is 4.84. The summed E-state index contributed by atoms with van der Waals surface area (Å²) in [6.45, 7) is 4.55. The van der Waals surface area contributed by atoms with E-state index >= 15 is 0 Å². The molecule has 3 heteroatoms. The number of esters is 1. The normalized spacial score (nSPS) is 12.5. The van der Waals surface area contributed by atoms with Crippen LogP contribution < -0.4 is 0 Å². The van der Waals surface area contributed by atoms with Crippen LogP contribution in [-0.2, 0) is 9.53 Å². The number of carbonyl (C=O) groups excluding carboxylic acids is 1. The van der Waals surface area contributed by atoms with Gasteiger partial charge in [0.2, 0.25) is 0 Å². The largest absolute Gasteiger partial charge is 0.466 e. The van der Waals surface area contributed by atoms with Crippen molar-refractivity contribution >= 4 is 21.9 Å². The lowest BCUT2D eigenvalue weighted by Gasteiger charge is -2.08. The maximum atomic E-state index is 11.0. The van der Waals surface area contributed by atoms with Crippen molar-refractivity contribution in [2.24, 2.45) is 5.92 Å². The summed E-state index contributed by atoms with van der Waals surface area (Å²) in [5.41, 5.74) is 0. The zero-order valence-electron chi connectivity index (χ0n) is 8.51. The number of ether oxygens (including phenoxy) is 1. The monoisotopic (exact) mass is 250 g/mol. The van der Waals surface area contributed by atoms with Gasteiger partial charge in [-0.1, -0.05) is 29.3 Å². The molecule has 0 spiro atoms. The average molecular weight is 251 g/mol. The van der Waals surface area contributed by atoms with Crippen molar-refractivity contribution in [3.8, 4) is 0 Å². The van der Waals surface area contributed by atoms with Gasteiger partial charge >= 0.3 is 5.97 Å². The lowest BCUT2D eigenvalue weighted by Crippen LogP contribution is -2.04. The summed E-state index contributed by atoms with van der Waals surface area (Å²) in [5.74, 6) is 0.641. The Morgan fingerprint density at radius 2 is 2.15 bits per heavy atom. The molecule has 2 nitrogen and oxygen atoms in total. The molecule has 0 saturated heterocycles. The van der Waals surface area contributed by atoms with Gasteiger partial charge in [0.25, 0.3) is 0 Å². The van der Waals surface area contributed by atoms with E-state index in [2.05, 4.69) is 22.9 Å². The highest BCUT2D eigenvalue weighted by Gasteiger charge is 2.04. The van der Waals surface area contributed by atoms with Gasteiger partial charge in [0.15, 0.2) is 0 Å². The van der Waals surface area contributed by atoms with E-state index < -0.39 is 0 Å². The molecule has 0 radical (unpaired) electrons. The zero-order valence-corrected chi connectivity index (χ0v) is 10.1. The first-order valence-electron chi connectivity index (χ1n) is 4.92. The second kappa shape index (κ2) is 8.54. The van der Waals surface area contributed by atoms with Crippen LogP contribution in [0.3, 0.4) is 0 Å². The first-order chi connectivity index (χ1) is 6.20. The average Bonchev–Trinajstić information content (AvgIpc) is 2.05. The molecule has 13 heavy (non-hydrogen) atoms. The minimum absolute atomic E-state index is 0.0615. The Morgan fingerprint density at radius 1 is 1.46 bits per heavy atom. The van der Waals surface area contributed by atoms with Crippen LogP contribution in [0.5, 0.6) is 0 Å². The maximum Gasteiger partial charge on any atom is 0.305 e. The minimum atomic E-state index is -0.0615. The highest BCUT2D eigenvalue weighted by atomic mass is 79.9. The lowest BCUT2D eigenvalue weighted by molar-refractivity contribution is -0.143. The molecule has 0 aromatic heterocycles. The first kappa shape index (κ1) is 12.9. The summed E-state index contributed by atoms with van der Waals surface area (Å²) in [6, 6.07) is 0. The molecular formula is C10H19BrO2. The molecule has 0 N–H and O–H groups in total. The van der Waals surface area contributed by atoms with E-state index in [1.54, 1.807) is 0 Å². The van der Waals surface area contributed by atoms with Gasteiger partial charge < -0.3 is 4.74 Å². The van der Waals surface area contributed by atoms with Gasteiger partial charge in [-0.2, -0.15) is 0 Å². The molecule has 0 heterocycles. The molecule has 1 unspecified atom stereocenters. The third-order valence-electron chi connectivity index (χ3n) is 1.99. The van der Waals surface area contributed by atoms with Crippen molar-refractivity contribution in [1.82, 2.24) is 0 Å². The van der Waals surface area contributed by atoms with Gasteiger partial charge in [-0.05, 0) is 25.7 Å². The summed E-state index contributed by atoms with van der Waals surface area (Å²) in [6.07, 6.45) is 3.82. The van der Waals surface area contributed by atoms with Crippen molar-refractivity contribution in [2.75, 3.05) is 11.9 Å². The number of hydrogen-bond donors (Lipinski definition) is 0. The van der Waals surface area contributed by atoms with Crippen LogP contribution in [0.4, 0.5) is 0 Å². The van der Waals surface area contributed by atoms with E-state index in [0.717, 1.165) is 18.2 Å². The molecule has 1 atom stereocenters. The van der Waals surface area contributed by atoms with Crippen molar-refractivity contribution in [1.29, 1.82) is 0 Å². The summed E-state index contributed by atoms with van der Waals surface area (Å²) in [4.78, 5) is 11.0. The fourth-order valence-electron chi connectivity index (χ4n) is 1.16. The Hall–Kier alpha value is -0.0500. The first-order valence-corrected chi connectivity index (χ1v) is 6.04. The standard InChI is InChI=1S/C10H19BrO2/c1-3-13-10(12)6-4-5-9(2)7-8-11/h9H,3-8H2,1-2H3. The molecule has 0 aromatic carbocycles. The number of alkyl halides is 1. The Balaban J connectivity index is 3.28. The summed E-state index contributed by atoms with van der Waals surface area (Å²) >= 11 is 3.40. The van der Waals surface area contributed by atoms with Crippen LogP contribution in [0.15, 0.2) is 0 Å². The maximum absolute atomic E-state index is 11.0. The van der Waals surface area contributed by atoms with Crippen molar-refractivity contribution in [2.45, 2.75) is 39.5 Å². The fraction of sp³-hybridized carbons (Fsp3) is 0.900. The van der Waals surface area contributed by atoms with Gasteiger partial charge in [-0.25, -0.2) is 0 Å². The molecule has 0 amide bonds. The molecule has 0 fully saturated rings. The van der Waals surface area contributed by atoms with Crippen LogP contribution in [0.2, 0.25) is 0 Å². The third-order valence-corrected chi connectivity index (χ3v) is 2.44. The SMILES string of the molecule is CCOC(=O)CCCC(C)CCBr. The molecule has 0 aromatic rings. The van der Waals surface area contributed by atoms with Crippen molar-refractivity contribution in [3.63, 3.8) is 0 Å². The number of halogens is 1. The smallest absolute Gasteiger partial charge is 0.305 e. The molecule has 0 bridgehead atoms. The Labute approximate surface area is 89.2 Å². The topological polar surface area (TPSA) is 26.3 Å². The van der Waals surface area contributed by atoms with Gasteiger partial charge in [0, 0.05) is 11.8 Å². The van der Waals surface area contributed by atoms with E-state index in [-0.39, 0.29) is 5.97 Å². The highest BCUT2D eigenvalue weighted by Crippen LogP contribution is 2.13. The second-order valence-corrected chi connectivity index (χ2v) is 4.07. The Bertz CT molecular complexity index is 137. The number of hydrogen-bond acceptors (Lipinski definition) is 2. The zero-order chi connectivity index (χ0) is 10.1. The number of carbonyl (C=O) groups is 1. The number of rotatable bonds is 7. The lowest BCUT2D eigenvalue weighted by atomic mass is 10.0. The van der Waals surface area contributed by atoms with E-state index in [9.17, 15) is 4.79 Å². The quantitative estimate of drug-likeness (QED) is 0.513. The molecule has 0 rings (SSSR count). The summed E-state index contributed by atoms with van der Waals surface area (Å²) in [7, 11) is 0. The highest BCUT2D eigenvalue weighted by molar-refractivity contribution is 9.09. The Morgan fingerprint density at radius 3 is 2.69 bits per heavy atom. The van der Waals surface area contributed by atoms with E-state index in [0.29, 0.717) is 18.9 Å². The summed E-state index contributed by atoms with van der Waals surface area (Å²) in [5, 5.41) is 1.05. The van der Waals surface area contributed by atoms with E-state index in [4.69, 9.17) is 4.74 Å². The minimum Gasteiger partial charge on any atom is -0.466 e. The van der Waals surface area contributed by atoms with Crippen molar-refractivity contribution < 1.29 is 9.53 Å². The molecule has 0 aliphatic rings. The second-order valence-electron chi connectivity index (χ2n) is 3.28. The predicted octanol–water partition coefficient (Wildman–Crippen LogP) is 3.14. The van der Waals surface area contributed by atoms with Crippen LogP contribution in [0, 0.1) is 5.92 Å². The van der Waals surface area contributed by atoms with Gasteiger partial charge in [-0.3, -0.25) is 4.79 Å². The fourth-order valence-corrected chi connectivity index (χ4v) is 1.94. The van der Waals surface area contributed by atoms with Gasteiger partial charge in [-0.15, -0.1) is 0 Å². The predicted molar refractivity (Wildman–Crippen MR) is 58.1 cm³/mol. The van der Waals surface area contributed by atoms with Crippen molar-refractivity contribution in [3.05, 3.63) is 0 Å². The molecule has 0 saturated carbocycles. The Kier molecular flexibility index (Phi) is 8.51. The molecule has 0 aliphatic carbocycles. The molecule has 78 valence electrons. The van der Waals surface area contributed by atoms with Gasteiger partial charge in [0.1, 0.15) is 0 Å². The molecule has 0 aliphatic heterocycles. The van der Waals surface area contributed by atoms with Crippen LogP contribution in [0.1, 0.15) is 39.5 Å². The third kappa shape index (κ3) is 8.28. The van der Waals surface area contributed by atoms with E-state index in [1.165, 1.54) is 6.42 Å². The van der Waals surface area contributed by atoms with Crippen LogP contribution >= 0.6 is 15.9 Å². The van der Waals surface area contributed by atoms with Crippen LogP contribution in [0.25, 0.3) is 0 Å². The van der Waals surface area contributed by atoms with Crippen LogP contribution in [-0.4, -0.2) is 17.9 Å². The molecular weight excluding hydrogens is 232 g/mol.